The van der Waals surface area contributed by atoms with Gasteiger partial charge in [0.15, 0.2) is 0 Å². The molecule has 0 aliphatic heterocycles. The second-order valence-electron chi connectivity index (χ2n) is 9.90. The van der Waals surface area contributed by atoms with E-state index in [0.29, 0.717) is 69.0 Å². The number of hydrogen-bond donors (Lipinski definition) is 4. The van der Waals surface area contributed by atoms with E-state index in [0.717, 1.165) is 25.8 Å². The third-order valence-electron chi connectivity index (χ3n) is 6.61. The molecule has 0 spiro atoms. The van der Waals surface area contributed by atoms with Crippen LogP contribution in [-0.4, -0.2) is 73.0 Å². The van der Waals surface area contributed by atoms with Crippen LogP contribution in [0.3, 0.4) is 0 Å². The van der Waals surface area contributed by atoms with Crippen molar-refractivity contribution in [3.63, 3.8) is 0 Å². The number of anilines is 3. The Morgan fingerprint density at radius 3 is 2.10 bits per heavy atom. The second-order valence-corrected chi connectivity index (χ2v) is 9.90. The van der Waals surface area contributed by atoms with E-state index < -0.39 is 0 Å². The molecule has 1 heterocycles. The van der Waals surface area contributed by atoms with Crippen molar-refractivity contribution in [1.29, 1.82) is 0 Å². The number of carbonyl (C=O) groups excluding carboxylic acids is 1. The molecule has 4 N–H and O–H groups in total. The van der Waals surface area contributed by atoms with Crippen molar-refractivity contribution in [2.75, 3.05) is 62.0 Å². The highest BCUT2D eigenvalue weighted by atomic mass is 16.5. The molecular formula is C29H47N7O3. The standard InChI is InChI=1S/C29H47N7O3/c1-2-3-4-5-6-12-17-31-27-34-28(36-29(35-27)33-25-15-10-11-16-25)32-19-21-39-23-22-38-20-18-30-26(37)24-13-8-7-9-14-24/h7-9,13-14,25H,2-6,10-12,15-23H2,1H3,(H,30,37)(H3,31,32,33,34,35,36). The van der Waals surface area contributed by atoms with Crippen LogP contribution in [0.25, 0.3) is 0 Å². The Morgan fingerprint density at radius 1 is 0.769 bits per heavy atom. The zero-order valence-electron chi connectivity index (χ0n) is 23.6. The molecule has 10 heteroatoms. The van der Waals surface area contributed by atoms with Crippen LogP contribution in [0, 0.1) is 0 Å². The van der Waals surface area contributed by atoms with Gasteiger partial charge < -0.3 is 30.7 Å². The molecule has 1 aromatic heterocycles. The Kier molecular flexibility index (Phi) is 15.0. The summed E-state index contributed by atoms with van der Waals surface area (Å²) < 4.78 is 11.2. The van der Waals surface area contributed by atoms with Crippen LogP contribution >= 0.6 is 0 Å². The van der Waals surface area contributed by atoms with E-state index >= 15 is 0 Å². The van der Waals surface area contributed by atoms with E-state index in [4.69, 9.17) is 9.47 Å². The average Bonchev–Trinajstić information content (AvgIpc) is 3.47. The number of aromatic nitrogens is 3. The topological polar surface area (TPSA) is 122 Å². The lowest BCUT2D eigenvalue weighted by atomic mass is 10.1. The minimum atomic E-state index is -0.0952. The highest BCUT2D eigenvalue weighted by Crippen LogP contribution is 2.21. The number of nitrogens with zero attached hydrogens (tertiary/aromatic N) is 3. The van der Waals surface area contributed by atoms with Crippen molar-refractivity contribution in [3.05, 3.63) is 35.9 Å². The molecule has 1 fully saturated rings. The summed E-state index contributed by atoms with van der Waals surface area (Å²) in [4.78, 5) is 25.7. The molecule has 1 saturated carbocycles. The van der Waals surface area contributed by atoms with Crippen molar-refractivity contribution in [1.82, 2.24) is 20.3 Å². The zero-order valence-corrected chi connectivity index (χ0v) is 23.6. The van der Waals surface area contributed by atoms with Crippen LogP contribution < -0.4 is 21.3 Å². The van der Waals surface area contributed by atoms with Gasteiger partial charge in [-0.05, 0) is 31.4 Å². The Morgan fingerprint density at radius 2 is 1.38 bits per heavy atom. The number of unbranched alkanes of at least 4 members (excludes halogenated alkanes) is 5. The molecule has 1 aliphatic rings. The lowest BCUT2D eigenvalue weighted by Crippen LogP contribution is -2.27. The molecule has 39 heavy (non-hydrogen) atoms. The molecule has 0 atom stereocenters. The SMILES string of the molecule is CCCCCCCCNc1nc(NCCOCCOCCNC(=O)c2ccccc2)nc(NC2CCCC2)n1. The fourth-order valence-electron chi connectivity index (χ4n) is 4.44. The normalized spacial score (nSPS) is 13.4. The van der Waals surface area contributed by atoms with Gasteiger partial charge in [-0.15, -0.1) is 0 Å². The molecule has 216 valence electrons. The molecule has 0 saturated heterocycles. The summed E-state index contributed by atoms with van der Waals surface area (Å²) in [6.07, 6.45) is 12.3. The first-order valence-electron chi connectivity index (χ1n) is 14.7. The van der Waals surface area contributed by atoms with Gasteiger partial charge in [0.25, 0.3) is 5.91 Å². The van der Waals surface area contributed by atoms with Gasteiger partial charge in [0, 0.05) is 31.2 Å². The fraction of sp³-hybridized carbons (Fsp3) is 0.655. The van der Waals surface area contributed by atoms with E-state index in [-0.39, 0.29) is 5.91 Å². The highest BCUT2D eigenvalue weighted by Gasteiger charge is 2.17. The molecule has 3 rings (SSSR count). The van der Waals surface area contributed by atoms with Gasteiger partial charge in [0.1, 0.15) is 0 Å². The van der Waals surface area contributed by atoms with E-state index in [1.54, 1.807) is 12.1 Å². The lowest BCUT2D eigenvalue weighted by Gasteiger charge is -2.14. The minimum absolute atomic E-state index is 0.0952. The molecule has 0 bridgehead atoms. The number of nitrogens with one attached hydrogen (secondary N) is 4. The Hall–Kier alpha value is -2.98. The number of carbonyl (C=O) groups is 1. The monoisotopic (exact) mass is 541 g/mol. The van der Waals surface area contributed by atoms with Crippen LogP contribution in [0.2, 0.25) is 0 Å². The van der Waals surface area contributed by atoms with Crippen molar-refractivity contribution in [3.8, 4) is 0 Å². The van der Waals surface area contributed by atoms with Crippen LogP contribution in [0.5, 0.6) is 0 Å². The van der Waals surface area contributed by atoms with Gasteiger partial charge >= 0.3 is 0 Å². The molecule has 1 amide bonds. The van der Waals surface area contributed by atoms with Crippen LogP contribution in [-0.2, 0) is 9.47 Å². The smallest absolute Gasteiger partial charge is 0.251 e. The summed E-state index contributed by atoms with van der Waals surface area (Å²) >= 11 is 0. The first kappa shape index (κ1) is 30.6. The number of ether oxygens (including phenoxy) is 2. The van der Waals surface area contributed by atoms with E-state index in [1.165, 1.54) is 44.9 Å². The predicted molar refractivity (Wildman–Crippen MR) is 156 cm³/mol. The summed E-state index contributed by atoms with van der Waals surface area (Å²) in [5, 5.41) is 13.0. The maximum Gasteiger partial charge on any atom is 0.251 e. The molecule has 2 aromatic rings. The van der Waals surface area contributed by atoms with Gasteiger partial charge in [-0.1, -0.05) is 70.1 Å². The largest absolute Gasteiger partial charge is 0.377 e. The minimum Gasteiger partial charge on any atom is -0.377 e. The Balaban J connectivity index is 1.29. The quantitative estimate of drug-likeness (QED) is 0.164. The van der Waals surface area contributed by atoms with Crippen molar-refractivity contribution in [2.24, 2.45) is 0 Å². The molecule has 1 aliphatic carbocycles. The first-order chi connectivity index (χ1) is 19.2. The van der Waals surface area contributed by atoms with Crippen LogP contribution in [0.15, 0.2) is 30.3 Å². The Bertz CT molecular complexity index is 926. The summed E-state index contributed by atoms with van der Waals surface area (Å²) in [6, 6.07) is 9.58. The third kappa shape index (κ3) is 13.1. The van der Waals surface area contributed by atoms with Gasteiger partial charge in [-0.3, -0.25) is 4.79 Å². The summed E-state index contributed by atoms with van der Waals surface area (Å²) in [6.45, 7) is 6.03. The van der Waals surface area contributed by atoms with Gasteiger partial charge in [-0.25, -0.2) is 0 Å². The number of rotatable bonds is 21. The molecule has 0 unspecified atom stereocenters. The van der Waals surface area contributed by atoms with E-state index in [2.05, 4.69) is 43.1 Å². The maximum atomic E-state index is 12.0. The van der Waals surface area contributed by atoms with Crippen molar-refractivity contribution >= 4 is 23.8 Å². The molecule has 0 radical (unpaired) electrons. The van der Waals surface area contributed by atoms with Gasteiger partial charge in [0.2, 0.25) is 17.8 Å². The maximum absolute atomic E-state index is 12.0. The summed E-state index contributed by atoms with van der Waals surface area (Å²) in [5.41, 5.74) is 0.647. The lowest BCUT2D eigenvalue weighted by molar-refractivity contribution is 0.0519. The zero-order chi connectivity index (χ0) is 27.4. The van der Waals surface area contributed by atoms with Crippen LogP contribution in [0.4, 0.5) is 17.8 Å². The number of hydrogen-bond acceptors (Lipinski definition) is 9. The third-order valence-corrected chi connectivity index (χ3v) is 6.61. The van der Waals surface area contributed by atoms with Gasteiger partial charge in [0.05, 0.1) is 26.4 Å². The average molecular weight is 542 g/mol. The van der Waals surface area contributed by atoms with Crippen molar-refractivity contribution in [2.45, 2.75) is 77.2 Å². The predicted octanol–water partition coefficient (Wildman–Crippen LogP) is 4.87. The highest BCUT2D eigenvalue weighted by molar-refractivity contribution is 5.94. The molecular weight excluding hydrogens is 494 g/mol. The molecule has 1 aromatic carbocycles. The summed E-state index contributed by atoms with van der Waals surface area (Å²) in [5.74, 6) is 1.68. The van der Waals surface area contributed by atoms with Crippen LogP contribution in [0.1, 0.15) is 81.5 Å². The van der Waals surface area contributed by atoms with E-state index in [1.807, 2.05) is 18.2 Å². The van der Waals surface area contributed by atoms with Crippen molar-refractivity contribution < 1.29 is 14.3 Å². The number of amides is 1. The Labute approximate surface area is 233 Å². The number of benzene rings is 1. The van der Waals surface area contributed by atoms with Gasteiger partial charge in [-0.2, -0.15) is 15.0 Å². The summed E-state index contributed by atoms with van der Waals surface area (Å²) in [7, 11) is 0. The fourth-order valence-corrected chi connectivity index (χ4v) is 4.44. The first-order valence-corrected chi connectivity index (χ1v) is 14.7. The second kappa shape index (κ2) is 19.1. The van der Waals surface area contributed by atoms with E-state index in [9.17, 15) is 4.79 Å². The molecule has 10 nitrogen and oxygen atoms in total.